The highest BCUT2D eigenvalue weighted by atomic mass is 15.1. The van der Waals surface area contributed by atoms with Crippen LogP contribution in [0.2, 0.25) is 0 Å². The van der Waals surface area contributed by atoms with Crippen LogP contribution < -0.4 is 0 Å². The van der Waals surface area contributed by atoms with Crippen LogP contribution in [0.5, 0.6) is 0 Å². The van der Waals surface area contributed by atoms with Gasteiger partial charge in [-0.1, -0.05) is 211 Å². The van der Waals surface area contributed by atoms with Gasteiger partial charge in [0.2, 0.25) is 0 Å². The van der Waals surface area contributed by atoms with Crippen molar-refractivity contribution in [3.8, 4) is 0 Å². The third kappa shape index (κ3) is 22.9. The molecule has 0 unspecified atom stereocenters. The molecule has 2 aromatic rings. The Hall–Kier alpha value is -1.57. The van der Waals surface area contributed by atoms with E-state index in [4.69, 9.17) is 4.98 Å². The van der Waals surface area contributed by atoms with E-state index in [1.54, 1.807) is 0 Å². The van der Waals surface area contributed by atoms with Gasteiger partial charge in [0.15, 0.2) is 0 Å². The van der Waals surface area contributed by atoms with E-state index in [1.807, 2.05) is 0 Å². The summed E-state index contributed by atoms with van der Waals surface area (Å²) >= 11 is 0. The first-order chi connectivity index (χ1) is 22.8. The van der Waals surface area contributed by atoms with Crippen LogP contribution in [-0.4, -0.2) is 9.55 Å². The molecule has 0 radical (unpaired) electrons. The Labute approximate surface area is 288 Å². The zero-order valence-electron chi connectivity index (χ0n) is 31.2. The predicted octanol–water partition coefficient (Wildman–Crippen LogP) is 14.6. The maximum absolute atomic E-state index is 5.19. The number of aromatic nitrogens is 2. The van der Waals surface area contributed by atoms with Crippen LogP contribution in [0, 0.1) is 0 Å². The smallest absolute Gasteiger partial charge is 0.108 e. The minimum atomic E-state index is 1.10. The molecule has 2 heteroatoms. The van der Waals surface area contributed by atoms with Crippen molar-refractivity contribution in [2.75, 3.05) is 0 Å². The molecule has 264 valence electrons. The highest BCUT2D eigenvalue weighted by Gasteiger charge is 2.09. The largest absolute Gasteiger partial charge is 0.335 e. The summed E-state index contributed by atoms with van der Waals surface area (Å²) in [4.78, 5) is 5.19. The van der Waals surface area contributed by atoms with Crippen molar-refractivity contribution in [3.05, 3.63) is 53.6 Å². The Morgan fingerprint density at radius 2 is 0.826 bits per heavy atom. The number of unbranched alkanes of at least 4 members (excludes halogenated alkanes) is 26. The molecule has 0 aliphatic rings. The third-order valence-corrected chi connectivity index (χ3v) is 10.2. The van der Waals surface area contributed by atoms with Crippen LogP contribution in [0.4, 0.5) is 0 Å². The molecule has 2 nitrogen and oxygen atoms in total. The van der Waals surface area contributed by atoms with Crippen LogP contribution in [0.1, 0.15) is 217 Å². The number of nitrogens with zero attached hydrogens (tertiary/aromatic N) is 2. The molecule has 0 aliphatic heterocycles. The van der Waals surface area contributed by atoms with Gasteiger partial charge < -0.3 is 4.57 Å². The molecular weight excluding hydrogens is 556 g/mol. The van der Waals surface area contributed by atoms with Gasteiger partial charge in [-0.05, 0) is 37.7 Å². The van der Waals surface area contributed by atoms with Gasteiger partial charge in [0, 0.05) is 19.2 Å². The number of hydrogen-bond donors (Lipinski definition) is 0. The maximum atomic E-state index is 5.19. The molecule has 0 saturated carbocycles. The molecule has 0 bridgehead atoms. The molecule has 1 aromatic carbocycles. The molecule has 0 spiro atoms. The van der Waals surface area contributed by atoms with Crippen LogP contribution in [0.3, 0.4) is 0 Å². The first-order valence-electron chi connectivity index (χ1n) is 20.9. The van der Waals surface area contributed by atoms with E-state index in [0.29, 0.717) is 0 Å². The van der Waals surface area contributed by atoms with E-state index in [-0.39, 0.29) is 0 Å². The maximum Gasteiger partial charge on any atom is 0.108 e. The second kappa shape index (κ2) is 30.7. The molecule has 46 heavy (non-hydrogen) atoms. The lowest BCUT2D eigenvalue weighted by molar-refractivity contribution is 0.515. The minimum absolute atomic E-state index is 1.10. The molecule has 0 aliphatic carbocycles. The van der Waals surface area contributed by atoms with E-state index in [0.717, 1.165) is 25.8 Å². The monoisotopic (exact) mass is 635 g/mol. The number of imidazole rings is 1. The minimum Gasteiger partial charge on any atom is -0.335 e. The summed E-state index contributed by atoms with van der Waals surface area (Å²) in [6.45, 7) is 5.78. The SMILES string of the molecule is CCCCCCCCCCCCCCCCCc1nc(CCCc2ccccc2)cn1CCCCCCCCCCCCCCC. The number of hydrogen-bond acceptors (Lipinski definition) is 1. The summed E-state index contributed by atoms with van der Waals surface area (Å²) in [5.41, 5.74) is 2.77. The quantitative estimate of drug-likeness (QED) is 0.0700. The fraction of sp³-hybridized carbons (Fsp3) is 0.795. The number of aryl methyl sites for hydroxylation is 4. The first-order valence-corrected chi connectivity index (χ1v) is 20.9. The molecule has 1 heterocycles. The van der Waals surface area contributed by atoms with Gasteiger partial charge in [0.25, 0.3) is 0 Å². The molecule has 0 saturated heterocycles. The third-order valence-electron chi connectivity index (χ3n) is 10.2. The summed E-state index contributed by atoms with van der Waals surface area (Å²) < 4.78 is 2.54. The first kappa shape index (κ1) is 40.6. The highest BCUT2D eigenvalue weighted by Crippen LogP contribution is 2.17. The number of rotatable bonds is 34. The van der Waals surface area contributed by atoms with E-state index < -0.39 is 0 Å². The van der Waals surface area contributed by atoms with Crippen molar-refractivity contribution in [1.82, 2.24) is 9.55 Å². The molecule has 2 rings (SSSR count). The average Bonchev–Trinajstić information content (AvgIpc) is 3.46. The lowest BCUT2D eigenvalue weighted by Gasteiger charge is -2.08. The summed E-state index contributed by atoms with van der Waals surface area (Å²) in [7, 11) is 0. The Kier molecular flexibility index (Phi) is 27.1. The zero-order valence-corrected chi connectivity index (χ0v) is 31.2. The van der Waals surface area contributed by atoms with Crippen LogP contribution in [0.15, 0.2) is 36.5 Å². The Morgan fingerprint density at radius 1 is 0.413 bits per heavy atom. The molecule has 0 atom stereocenters. The van der Waals surface area contributed by atoms with Gasteiger partial charge in [0.1, 0.15) is 5.82 Å². The van der Waals surface area contributed by atoms with E-state index >= 15 is 0 Å². The van der Waals surface area contributed by atoms with Gasteiger partial charge in [-0.15, -0.1) is 0 Å². The second-order valence-corrected chi connectivity index (χ2v) is 14.6. The fourth-order valence-corrected chi connectivity index (χ4v) is 7.10. The topological polar surface area (TPSA) is 17.8 Å². The van der Waals surface area contributed by atoms with Crippen molar-refractivity contribution in [2.45, 2.75) is 226 Å². The molecule has 0 fully saturated rings. The van der Waals surface area contributed by atoms with Crippen molar-refractivity contribution in [3.63, 3.8) is 0 Å². The molecular formula is C44H78N2. The molecule has 0 N–H and O–H groups in total. The fourth-order valence-electron chi connectivity index (χ4n) is 7.10. The average molecular weight is 635 g/mol. The van der Waals surface area contributed by atoms with E-state index in [9.17, 15) is 0 Å². The summed E-state index contributed by atoms with van der Waals surface area (Å²) in [5, 5.41) is 0. The standard InChI is InChI=1S/C44H78N2/c1-3-5-7-9-11-13-15-17-18-19-21-23-25-27-32-39-44-45-43(38-34-37-42-35-30-29-31-36-42)41-46(44)40-33-28-26-24-22-20-16-14-12-10-8-6-4-2/h29-31,35-36,41H,3-28,32-34,37-40H2,1-2H3. The lowest BCUT2D eigenvalue weighted by Crippen LogP contribution is -2.03. The van der Waals surface area contributed by atoms with Gasteiger partial charge in [-0.25, -0.2) is 4.98 Å². The van der Waals surface area contributed by atoms with E-state index in [1.165, 1.54) is 203 Å². The van der Waals surface area contributed by atoms with Crippen molar-refractivity contribution < 1.29 is 0 Å². The van der Waals surface area contributed by atoms with Gasteiger partial charge in [0.05, 0.1) is 5.69 Å². The second-order valence-electron chi connectivity index (χ2n) is 14.6. The van der Waals surface area contributed by atoms with Crippen LogP contribution >= 0.6 is 0 Å². The van der Waals surface area contributed by atoms with Crippen LogP contribution in [-0.2, 0) is 25.8 Å². The Balaban J connectivity index is 1.58. The Morgan fingerprint density at radius 3 is 1.28 bits per heavy atom. The molecule has 0 amide bonds. The van der Waals surface area contributed by atoms with E-state index in [2.05, 4.69) is 54.9 Å². The predicted molar refractivity (Wildman–Crippen MR) is 205 cm³/mol. The van der Waals surface area contributed by atoms with Crippen molar-refractivity contribution >= 4 is 0 Å². The van der Waals surface area contributed by atoms with Gasteiger partial charge in [-0.3, -0.25) is 0 Å². The molecule has 1 aromatic heterocycles. The van der Waals surface area contributed by atoms with Gasteiger partial charge in [-0.2, -0.15) is 0 Å². The lowest BCUT2D eigenvalue weighted by atomic mass is 10.0. The summed E-state index contributed by atoms with van der Waals surface area (Å²) in [5.74, 6) is 1.36. The van der Waals surface area contributed by atoms with Crippen molar-refractivity contribution in [1.29, 1.82) is 0 Å². The number of benzene rings is 1. The highest BCUT2D eigenvalue weighted by molar-refractivity contribution is 5.15. The van der Waals surface area contributed by atoms with Crippen molar-refractivity contribution in [2.24, 2.45) is 0 Å². The van der Waals surface area contributed by atoms with Gasteiger partial charge >= 0.3 is 0 Å². The summed E-state index contributed by atoms with van der Waals surface area (Å²) in [6, 6.07) is 11.0. The normalized spacial score (nSPS) is 11.5. The zero-order chi connectivity index (χ0) is 32.6. The summed E-state index contributed by atoms with van der Waals surface area (Å²) in [6.07, 6.45) is 46.9. The Bertz CT molecular complexity index is 885. The van der Waals surface area contributed by atoms with Crippen LogP contribution in [0.25, 0.3) is 0 Å².